The van der Waals surface area contributed by atoms with Gasteiger partial charge in [-0.3, -0.25) is 19.3 Å². The number of esters is 2. The van der Waals surface area contributed by atoms with E-state index in [9.17, 15) is 15.0 Å². The number of rotatable bonds is 11. The molecule has 0 unspecified atom stereocenters. The molecule has 4 aliphatic heterocycles. The van der Waals surface area contributed by atoms with Gasteiger partial charge in [0, 0.05) is 25.1 Å². The van der Waals surface area contributed by atoms with Crippen molar-refractivity contribution < 1.29 is 48.4 Å². The Hall–Kier alpha value is -6.53. The highest BCUT2D eigenvalue weighted by atomic mass is 16.6. The third-order valence-electron chi connectivity index (χ3n) is 13.5. The number of amides is 4. The lowest BCUT2D eigenvalue weighted by Gasteiger charge is -2.46. The number of nitrogens with one attached hydrogen (secondary N) is 1. The third kappa shape index (κ3) is 8.79. The molecule has 0 bridgehead atoms. The van der Waals surface area contributed by atoms with E-state index < -0.39 is 77.3 Å². The standard InChI is InChI=1S/C53H58N4O10/c1-34(2)43(49(61)65-3)54-52(64)56-41-27-22-35(17-13-16-30-58)33-40(41)53(51(56)63)42(48(60)55-28-14-5-4-6-15-29-55)45-50(62)67-46(37-20-11-8-12-21-37)44(36-18-9-7-10-19-36)57(45)47(53)38-23-25-39(26-24-38)66-32-31-59/h7-12,18-27,33-34,42-47,58-59H,4-6,14-16,28-32H2,1-3H3,(H,54,64)/t42-,43+,44-,45-,46+,47+,53-/m1/s1. The predicted octanol–water partition coefficient (Wildman–Crippen LogP) is 6.16. The quantitative estimate of drug-likeness (QED) is 0.116. The van der Waals surface area contributed by atoms with Crippen LogP contribution in [0.1, 0.15) is 98.4 Å². The number of aliphatic hydroxyl groups excluding tert-OH is 2. The number of cyclic esters (lactones) is 1. The van der Waals surface area contributed by atoms with Crippen LogP contribution in [-0.4, -0.2) is 102 Å². The number of fused-ring (bicyclic) bond motifs is 3. The van der Waals surface area contributed by atoms with E-state index >= 15 is 19.2 Å². The summed E-state index contributed by atoms with van der Waals surface area (Å²) in [4.78, 5) is 81.2. The topological polar surface area (TPSA) is 175 Å². The van der Waals surface area contributed by atoms with Gasteiger partial charge in [0.1, 0.15) is 36.0 Å². The van der Waals surface area contributed by atoms with Crippen molar-refractivity contribution in [2.24, 2.45) is 11.8 Å². The molecule has 4 heterocycles. The van der Waals surface area contributed by atoms with Gasteiger partial charge in [0.25, 0.3) is 0 Å². The molecule has 0 aromatic heterocycles. The number of nitrogens with zero attached hydrogens (tertiary/aromatic N) is 3. The fourth-order valence-electron chi connectivity index (χ4n) is 10.6. The summed E-state index contributed by atoms with van der Waals surface area (Å²) in [6.07, 6.45) is 3.54. The zero-order valence-corrected chi connectivity index (χ0v) is 38.1. The Morgan fingerprint density at radius 3 is 2.10 bits per heavy atom. The number of anilines is 1. The van der Waals surface area contributed by atoms with E-state index in [1.54, 1.807) is 61.2 Å². The van der Waals surface area contributed by atoms with Crippen LogP contribution >= 0.6 is 0 Å². The smallest absolute Gasteiger partial charge is 0.329 e. The molecule has 14 heteroatoms. The maximum atomic E-state index is 16.6. The first-order valence-electron chi connectivity index (χ1n) is 23.2. The molecular formula is C53H58N4O10. The monoisotopic (exact) mass is 910 g/mol. The van der Waals surface area contributed by atoms with Gasteiger partial charge in [-0.05, 0) is 71.3 Å². The van der Waals surface area contributed by atoms with Crippen molar-refractivity contribution in [3.8, 4) is 17.6 Å². The van der Waals surface area contributed by atoms with E-state index in [0.717, 1.165) is 42.6 Å². The van der Waals surface area contributed by atoms with Gasteiger partial charge in [-0.1, -0.05) is 118 Å². The second kappa shape index (κ2) is 20.5. The van der Waals surface area contributed by atoms with Gasteiger partial charge in [0.2, 0.25) is 11.8 Å². The van der Waals surface area contributed by atoms with Crippen molar-refractivity contribution in [3.05, 3.63) is 131 Å². The van der Waals surface area contributed by atoms with E-state index in [-0.39, 0.29) is 31.9 Å². The first-order chi connectivity index (χ1) is 32.6. The van der Waals surface area contributed by atoms with Gasteiger partial charge in [-0.15, -0.1) is 0 Å². The average Bonchev–Trinajstić information content (AvgIpc) is 3.79. The van der Waals surface area contributed by atoms with E-state index in [4.69, 9.17) is 14.2 Å². The maximum absolute atomic E-state index is 16.6. The Labute approximate surface area is 391 Å². The molecule has 7 atom stereocenters. The van der Waals surface area contributed by atoms with Gasteiger partial charge in [0.15, 0.2) is 0 Å². The van der Waals surface area contributed by atoms with Crippen LogP contribution in [0, 0.1) is 23.7 Å². The minimum Gasteiger partial charge on any atom is -0.491 e. The number of morpholine rings is 1. The summed E-state index contributed by atoms with van der Waals surface area (Å²) in [6.45, 7) is 3.93. The molecule has 4 aliphatic rings. The molecular weight excluding hydrogens is 853 g/mol. The average molecular weight is 911 g/mol. The van der Waals surface area contributed by atoms with Crippen LogP contribution in [0.5, 0.6) is 5.75 Å². The molecule has 8 rings (SSSR count). The maximum Gasteiger partial charge on any atom is 0.329 e. The molecule has 0 aliphatic carbocycles. The molecule has 67 heavy (non-hydrogen) atoms. The van der Waals surface area contributed by atoms with Crippen LogP contribution in [0.3, 0.4) is 0 Å². The lowest BCUT2D eigenvalue weighted by atomic mass is 9.64. The highest BCUT2D eigenvalue weighted by molar-refractivity contribution is 6.25. The predicted molar refractivity (Wildman–Crippen MR) is 248 cm³/mol. The summed E-state index contributed by atoms with van der Waals surface area (Å²) in [7, 11) is 1.22. The van der Waals surface area contributed by atoms with Crippen molar-refractivity contribution in [1.82, 2.24) is 15.1 Å². The van der Waals surface area contributed by atoms with Crippen LogP contribution in [0.2, 0.25) is 0 Å². The van der Waals surface area contributed by atoms with Gasteiger partial charge in [0.05, 0.1) is 44.0 Å². The summed E-state index contributed by atoms with van der Waals surface area (Å²) in [5, 5.41) is 22.1. The second-order valence-corrected chi connectivity index (χ2v) is 17.8. The van der Waals surface area contributed by atoms with E-state index in [1.165, 1.54) is 7.11 Å². The van der Waals surface area contributed by atoms with Crippen molar-refractivity contribution in [1.29, 1.82) is 0 Å². The molecule has 4 aromatic rings. The van der Waals surface area contributed by atoms with Crippen molar-refractivity contribution in [2.45, 2.75) is 88.1 Å². The Kier molecular flexibility index (Phi) is 14.4. The lowest BCUT2D eigenvalue weighted by molar-refractivity contribution is -0.179. The fraction of sp³-hybridized carbons (Fsp3) is 0.415. The number of urea groups is 1. The number of aliphatic hydroxyl groups is 2. The van der Waals surface area contributed by atoms with Crippen LogP contribution < -0.4 is 15.0 Å². The van der Waals surface area contributed by atoms with Crippen molar-refractivity contribution >= 4 is 35.5 Å². The summed E-state index contributed by atoms with van der Waals surface area (Å²) in [6, 6.07) is 25.7. The van der Waals surface area contributed by atoms with Crippen molar-refractivity contribution in [3.63, 3.8) is 0 Å². The minimum atomic E-state index is -2.02. The molecule has 0 radical (unpaired) electrons. The number of hydrogen-bond donors (Lipinski definition) is 3. The Morgan fingerprint density at radius 1 is 0.821 bits per heavy atom. The first-order valence-corrected chi connectivity index (χ1v) is 23.2. The number of ether oxygens (including phenoxy) is 3. The molecule has 1 spiro atoms. The molecule has 350 valence electrons. The van der Waals surface area contributed by atoms with Gasteiger partial charge in [-0.25, -0.2) is 14.5 Å². The van der Waals surface area contributed by atoms with Crippen LogP contribution in [0.4, 0.5) is 10.5 Å². The number of likely N-dealkylation sites (tertiary alicyclic amines) is 1. The molecule has 14 nitrogen and oxygen atoms in total. The van der Waals surface area contributed by atoms with E-state index in [2.05, 4.69) is 17.2 Å². The van der Waals surface area contributed by atoms with Crippen LogP contribution in [0.25, 0.3) is 0 Å². The second-order valence-electron chi connectivity index (χ2n) is 17.8. The van der Waals surface area contributed by atoms with E-state index in [1.807, 2.05) is 65.6 Å². The zero-order chi connectivity index (χ0) is 47.2. The van der Waals surface area contributed by atoms with Crippen molar-refractivity contribution in [2.75, 3.05) is 44.9 Å². The van der Waals surface area contributed by atoms with E-state index in [0.29, 0.717) is 41.1 Å². The first kappa shape index (κ1) is 47.0. The molecule has 4 amide bonds. The lowest BCUT2D eigenvalue weighted by Crippen LogP contribution is -2.58. The molecule has 4 aromatic carbocycles. The number of benzene rings is 4. The largest absolute Gasteiger partial charge is 0.491 e. The summed E-state index contributed by atoms with van der Waals surface area (Å²) in [5.74, 6) is 2.05. The normalized spacial score (nSPS) is 24.1. The number of carbonyl (C=O) groups is 5. The SMILES string of the molecule is COC(=O)[C@@H](NC(=O)N1C(=O)[C@@]2(c3cc(C#CCCO)ccc31)[C@H](c1ccc(OCCO)cc1)N1[C@H](c3ccccc3)[C@H](c3ccccc3)OC(=O)[C@H]1[C@@H]2C(=O)N1CCCCCCC1)C(C)C. The highest BCUT2D eigenvalue weighted by Crippen LogP contribution is 2.66. The Morgan fingerprint density at radius 2 is 1.48 bits per heavy atom. The minimum absolute atomic E-state index is 0.0347. The third-order valence-corrected chi connectivity index (χ3v) is 13.5. The molecule has 3 saturated heterocycles. The molecule has 3 N–H and O–H groups in total. The van der Waals surface area contributed by atoms with Gasteiger partial charge >= 0.3 is 18.0 Å². The summed E-state index contributed by atoms with van der Waals surface area (Å²) < 4.78 is 17.5. The highest BCUT2D eigenvalue weighted by Gasteiger charge is 2.76. The number of hydrogen-bond acceptors (Lipinski definition) is 11. The fourth-order valence-corrected chi connectivity index (χ4v) is 10.6. The number of imide groups is 1. The van der Waals surface area contributed by atoms with Crippen LogP contribution in [-0.2, 0) is 34.1 Å². The Bertz CT molecular complexity index is 2500. The number of carbonyl (C=O) groups excluding carboxylic acids is 5. The van der Waals surface area contributed by atoms with Gasteiger partial charge in [-0.2, -0.15) is 0 Å². The van der Waals surface area contributed by atoms with Gasteiger partial charge < -0.3 is 34.6 Å². The summed E-state index contributed by atoms with van der Waals surface area (Å²) >= 11 is 0. The zero-order valence-electron chi connectivity index (χ0n) is 38.1. The molecule has 3 fully saturated rings. The van der Waals surface area contributed by atoms with Crippen LogP contribution in [0.15, 0.2) is 103 Å². The molecule has 0 saturated carbocycles. The Balaban J connectivity index is 1.46. The summed E-state index contributed by atoms with van der Waals surface area (Å²) in [5.41, 5.74) is 0.890. The number of methoxy groups -OCH3 is 1.